The van der Waals surface area contributed by atoms with Crippen molar-refractivity contribution in [3.05, 3.63) is 0 Å². The fraction of sp³-hybridized carbons (Fsp3) is 0.625. The normalized spacial score (nSPS) is 13.7. The third-order valence-corrected chi connectivity index (χ3v) is 3.67. The molecule has 3 unspecified atom stereocenters. The Morgan fingerprint density at radius 3 is 1.86 bits per heavy atom. The first-order valence-electron chi connectivity index (χ1n) is 8.64. The molecular weight excluding hydrogens is 392 g/mol. The first-order chi connectivity index (χ1) is 13.3. The van der Waals surface area contributed by atoms with E-state index in [4.69, 9.17) is 21.1 Å². The molecule has 0 aromatic heterocycles. The van der Waals surface area contributed by atoms with Gasteiger partial charge in [-0.1, -0.05) is 13.8 Å². The number of aliphatic carboxylic acids is 3. The van der Waals surface area contributed by atoms with Gasteiger partial charge >= 0.3 is 17.9 Å². The summed E-state index contributed by atoms with van der Waals surface area (Å²) < 4.78 is 0. The minimum absolute atomic E-state index is 0.316. The molecule has 0 aliphatic carbocycles. The lowest BCUT2D eigenvalue weighted by atomic mass is 10.0. The highest BCUT2D eigenvalue weighted by molar-refractivity contribution is 5.94. The van der Waals surface area contributed by atoms with Gasteiger partial charge in [0.05, 0.1) is 12.5 Å². The molecule has 0 fully saturated rings. The van der Waals surface area contributed by atoms with E-state index < -0.39 is 79.1 Å². The van der Waals surface area contributed by atoms with E-state index in [0.717, 1.165) is 0 Å². The summed E-state index contributed by atoms with van der Waals surface area (Å²) in [4.78, 5) is 68.6. The van der Waals surface area contributed by atoms with Crippen LogP contribution in [0.5, 0.6) is 0 Å². The monoisotopic (exact) mass is 418 g/mol. The molecule has 3 atom stereocenters. The predicted octanol–water partition coefficient (Wildman–Crippen LogP) is -2.52. The zero-order chi connectivity index (χ0) is 22.7. The third-order valence-electron chi connectivity index (χ3n) is 3.67. The maximum atomic E-state index is 12.5. The van der Waals surface area contributed by atoms with E-state index in [1.807, 2.05) is 5.32 Å². The van der Waals surface area contributed by atoms with E-state index in [0.29, 0.717) is 0 Å². The van der Waals surface area contributed by atoms with Crippen molar-refractivity contribution in [2.24, 2.45) is 11.7 Å². The zero-order valence-corrected chi connectivity index (χ0v) is 16.0. The SMILES string of the molecule is CC(C)C(NC(=O)C(N)CC(=O)O)C(=O)NC(CCC(=O)O)C(=O)NCC(=O)O. The van der Waals surface area contributed by atoms with Crippen molar-refractivity contribution in [3.8, 4) is 0 Å². The minimum atomic E-state index is -1.40. The van der Waals surface area contributed by atoms with Gasteiger partial charge in [-0.3, -0.25) is 28.8 Å². The Morgan fingerprint density at radius 1 is 0.828 bits per heavy atom. The van der Waals surface area contributed by atoms with Gasteiger partial charge in [0.25, 0.3) is 0 Å². The molecule has 0 saturated carbocycles. The topological polar surface area (TPSA) is 225 Å². The van der Waals surface area contributed by atoms with Gasteiger partial charge in [0.15, 0.2) is 0 Å². The zero-order valence-electron chi connectivity index (χ0n) is 16.0. The van der Waals surface area contributed by atoms with Gasteiger partial charge in [-0.25, -0.2) is 0 Å². The number of hydrogen-bond donors (Lipinski definition) is 7. The van der Waals surface area contributed by atoms with E-state index in [1.54, 1.807) is 13.8 Å². The van der Waals surface area contributed by atoms with E-state index in [1.165, 1.54) is 0 Å². The predicted molar refractivity (Wildman–Crippen MR) is 96.4 cm³/mol. The molecular formula is C16H26N4O9. The second-order valence-corrected chi connectivity index (χ2v) is 6.54. The summed E-state index contributed by atoms with van der Waals surface area (Å²) in [6.45, 7) is 2.42. The van der Waals surface area contributed by atoms with Gasteiger partial charge in [0, 0.05) is 6.42 Å². The van der Waals surface area contributed by atoms with Crippen molar-refractivity contribution in [1.82, 2.24) is 16.0 Å². The largest absolute Gasteiger partial charge is 0.481 e. The quantitative estimate of drug-likeness (QED) is 0.166. The van der Waals surface area contributed by atoms with Crippen LogP contribution in [0.2, 0.25) is 0 Å². The Morgan fingerprint density at radius 2 is 1.41 bits per heavy atom. The molecule has 0 saturated heterocycles. The van der Waals surface area contributed by atoms with Crippen LogP contribution in [0.1, 0.15) is 33.1 Å². The second kappa shape index (κ2) is 12.3. The second-order valence-electron chi connectivity index (χ2n) is 6.54. The molecule has 0 aliphatic heterocycles. The Kier molecular flexibility index (Phi) is 10.9. The summed E-state index contributed by atoms with van der Waals surface area (Å²) in [6.07, 6.45) is -1.45. The van der Waals surface area contributed by atoms with Crippen LogP contribution in [0.15, 0.2) is 0 Å². The van der Waals surface area contributed by atoms with E-state index in [2.05, 4.69) is 10.6 Å². The summed E-state index contributed by atoms with van der Waals surface area (Å²) in [6, 6.07) is -3.95. The fourth-order valence-electron chi connectivity index (χ4n) is 2.16. The van der Waals surface area contributed by atoms with Crippen LogP contribution >= 0.6 is 0 Å². The van der Waals surface area contributed by atoms with Gasteiger partial charge in [-0.05, 0) is 12.3 Å². The summed E-state index contributed by atoms with van der Waals surface area (Å²) in [5.41, 5.74) is 5.46. The number of rotatable bonds is 13. The summed E-state index contributed by atoms with van der Waals surface area (Å²) in [5, 5.41) is 32.7. The van der Waals surface area contributed by atoms with E-state index in [9.17, 15) is 28.8 Å². The Labute approximate surface area is 166 Å². The van der Waals surface area contributed by atoms with Crippen LogP contribution in [-0.2, 0) is 28.8 Å². The Bertz CT molecular complexity index is 650. The molecule has 0 bridgehead atoms. The van der Waals surface area contributed by atoms with Crippen LogP contribution in [0.25, 0.3) is 0 Å². The van der Waals surface area contributed by atoms with Crippen LogP contribution < -0.4 is 21.7 Å². The van der Waals surface area contributed by atoms with Crippen molar-refractivity contribution in [2.45, 2.75) is 51.2 Å². The molecule has 13 heteroatoms. The van der Waals surface area contributed by atoms with Crippen molar-refractivity contribution < 1.29 is 44.1 Å². The van der Waals surface area contributed by atoms with Gasteiger partial charge < -0.3 is 37.0 Å². The first kappa shape index (κ1) is 25.8. The van der Waals surface area contributed by atoms with Crippen molar-refractivity contribution in [3.63, 3.8) is 0 Å². The molecule has 164 valence electrons. The van der Waals surface area contributed by atoms with Crippen LogP contribution in [0.3, 0.4) is 0 Å². The van der Waals surface area contributed by atoms with Crippen LogP contribution in [0, 0.1) is 5.92 Å². The lowest BCUT2D eigenvalue weighted by Crippen LogP contribution is -2.57. The van der Waals surface area contributed by atoms with Gasteiger partial charge in [-0.2, -0.15) is 0 Å². The first-order valence-corrected chi connectivity index (χ1v) is 8.64. The molecule has 0 rings (SSSR count). The number of amides is 3. The molecule has 0 aromatic carbocycles. The highest BCUT2D eigenvalue weighted by Crippen LogP contribution is 2.06. The van der Waals surface area contributed by atoms with Gasteiger partial charge in [0.2, 0.25) is 17.7 Å². The fourth-order valence-corrected chi connectivity index (χ4v) is 2.16. The number of nitrogens with one attached hydrogen (secondary N) is 3. The van der Waals surface area contributed by atoms with Crippen molar-refractivity contribution in [2.75, 3.05) is 6.54 Å². The van der Waals surface area contributed by atoms with Crippen LogP contribution in [0.4, 0.5) is 0 Å². The lowest BCUT2D eigenvalue weighted by molar-refractivity contribution is -0.140. The standard InChI is InChI=1S/C16H26N4O9/c1-7(2)13(20-14(27)8(17)5-11(23)24)16(29)19-9(3-4-10(21)22)15(28)18-6-12(25)26/h7-9,13H,3-6,17H2,1-2H3,(H,18,28)(H,19,29)(H,20,27)(H,21,22)(H,23,24)(H,25,26). The highest BCUT2D eigenvalue weighted by atomic mass is 16.4. The Balaban J connectivity index is 5.22. The number of carboxylic acids is 3. The van der Waals surface area contributed by atoms with Crippen LogP contribution in [-0.4, -0.2) is 75.6 Å². The molecule has 0 radical (unpaired) electrons. The molecule has 3 amide bonds. The molecule has 13 nitrogen and oxygen atoms in total. The maximum Gasteiger partial charge on any atom is 0.322 e. The third kappa shape index (κ3) is 10.6. The highest BCUT2D eigenvalue weighted by Gasteiger charge is 2.30. The van der Waals surface area contributed by atoms with Gasteiger partial charge in [-0.15, -0.1) is 0 Å². The number of hydrogen-bond acceptors (Lipinski definition) is 7. The lowest BCUT2D eigenvalue weighted by Gasteiger charge is -2.26. The number of carboxylic acid groups (broad SMARTS) is 3. The summed E-state index contributed by atoms with van der Waals surface area (Å²) >= 11 is 0. The molecule has 0 aromatic rings. The van der Waals surface area contributed by atoms with Crippen molar-refractivity contribution >= 4 is 35.6 Å². The molecule has 0 heterocycles. The Hall–Kier alpha value is -3.22. The number of carbonyl (C=O) groups is 6. The summed E-state index contributed by atoms with van der Waals surface area (Å²) in [7, 11) is 0. The smallest absolute Gasteiger partial charge is 0.322 e. The maximum absolute atomic E-state index is 12.5. The number of carbonyl (C=O) groups excluding carboxylic acids is 3. The summed E-state index contributed by atoms with van der Waals surface area (Å²) in [5.74, 6) is -6.99. The molecule has 0 aliphatic rings. The minimum Gasteiger partial charge on any atom is -0.481 e. The molecule has 8 N–H and O–H groups in total. The van der Waals surface area contributed by atoms with E-state index in [-0.39, 0.29) is 6.42 Å². The average molecular weight is 418 g/mol. The molecule has 29 heavy (non-hydrogen) atoms. The number of nitrogens with two attached hydrogens (primary N) is 1. The van der Waals surface area contributed by atoms with Crippen molar-refractivity contribution in [1.29, 1.82) is 0 Å². The average Bonchev–Trinajstić information content (AvgIpc) is 2.59. The van der Waals surface area contributed by atoms with Gasteiger partial charge in [0.1, 0.15) is 18.6 Å². The van der Waals surface area contributed by atoms with E-state index >= 15 is 0 Å². The molecule has 0 spiro atoms.